The fourth-order valence-corrected chi connectivity index (χ4v) is 2.27. The van der Waals surface area contributed by atoms with Gasteiger partial charge in [0.05, 0.1) is 0 Å². The molecule has 1 unspecified atom stereocenters. The van der Waals surface area contributed by atoms with E-state index < -0.39 is 48.6 Å². The standard InChI is InChI=1S/C14H17F13/c1-3-5-8(2)6-4-7-9(15,16)10(17,18)11(19,20)12(21,22)13(23,24)14(25,26)27/h8H,3-7H2,1-2H3. The monoisotopic (exact) mass is 432 g/mol. The molecule has 0 nitrogen and oxygen atoms in total. The predicted molar refractivity (Wildman–Crippen MR) is 68.7 cm³/mol. The number of hydrogen-bond acceptors (Lipinski definition) is 0. The maximum Gasteiger partial charge on any atom is 0.460 e. The summed E-state index contributed by atoms with van der Waals surface area (Å²) in [5, 5.41) is 0. The summed E-state index contributed by atoms with van der Waals surface area (Å²) in [5.41, 5.74) is 0. The molecule has 1 atom stereocenters. The molecule has 0 spiro atoms. The van der Waals surface area contributed by atoms with Crippen LogP contribution in [0.1, 0.15) is 46.0 Å². The zero-order valence-electron chi connectivity index (χ0n) is 14.0. The van der Waals surface area contributed by atoms with Crippen LogP contribution < -0.4 is 0 Å². The fourth-order valence-electron chi connectivity index (χ4n) is 2.27. The Kier molecular flexibility index (Phi) is 7.58. The molecular weight excluding hydrogens is 415 g/mol. The Bertz CT molecular complexity index is 478. The normalized spacial score (nSPS) is 16.6. The van der Waals surface area contributed by atoms with Gasteiger partial charge in [0.15, 0.2) is 0 Å². The Morgan fingerprint density at radius 2 is 1.00 bits per heavy atom. The Morgan fingerprint density at radius 3 is 1.37 bits per heavy atom. The number of rotatable bonds is 10. The fraction of sp³-hybridized carbons (Fsp3) is 1.00. The summed E-state index contributed by atoms with van der Waals surface area (Å²) in [7, 11) is 0. The van der Waals surface area contributed by atoms with Crippen LogP contribution in [0.5, 0.6) is 0 Å². The summed E-state index contributed by atoms with van der Waals surface area (Å²) in [6.45, 7) is 3.20. The molecule has 0 saturated heterocycles. The molecule has 0 N–H and O–H groups in total. The lowest BCUT2D eigenvalue weighted by atomic mass is 9.90. The van der Waals surface area contributed by atoms with Gasteiger partial charge in [-0.3, -0.25) is 0 Å². The molecule has 0 aliphatic heterocycles. The van der Waals surface area contributed by atoms with Gasteiger partial charge < -0.3 is 0 Å². The summed E-state index contributed by atoms with van der Waals surface area (Å²) in [6, 6.07) is 0. The lowest BCUT2D eigenvalue weighted by Gasteiger charge is -2.39. The second-order valence-corrected chi connectivity index (χ2v) is 6.29. The molecule has 0 aliphatic carbocycles. The highest BCUT2D eigenvalue weighted by molar-refractivity contribution is 5.10. The first-order chi connectivity index (χ1) is 11.7. The first-order valence-corrected chi connectivity index (χ1v) is 7.66. The third-order valence-electron chi connectivity index (χ3n) is 3.97. The molecular formula is C14H17F13. The minimum absolute atomic E-state index is 0.194. The van der Waals surface area contributed by atoms with Crippen LogP contribution in [-0.4, -0.2) is 35.8 Å². The van der Waals surface area contributed by atoms with E-state index in [1.54, 1.807) is 6.92 Å². The van der Waals surface area contributed by atoms with Crippen molar-refractivity contribution < 1.29 is 57.1 Å². The summed E-state index contributed by atoms with van der Waals surface area (Å²) >= 11 is 0. The van der Waals surface area contributed by atoms with Crippen molar-refractivity contribution >= 4 is 0 Å². The molecule has 0 aromatic rings. The van der Waals surface area contributed by atoms with Crippen LogP contribution in [0.2, 0.25) is 0 Å². The predicted octanol–water partition coefficient (Wildman–Crippen LogP) is 7.33. The van der Waals surface area contributed by atoms with Crippen molar-refractivity contribution in [2.75, 3.05) is 0 Å². The highest BCUT2D eigenvalue weighted by Gasteiger charge is 2.90. The molecule has 0 amide bonds. The summed E-state index contributed by atoms with van der Waals surface area (Å²) in [4.78, 5) is 0. The van der Waals surface area contributed by atoms with E-state index in [4.69, 9.17) is 0 Å². The lowest BCUT2D eigenvalue weighted by Crippen LogP contribution is -2.70. The zero-order valence-corrected chi connectivity index (χ0v) is 14.0. The molecule has 0 aromatic heterocycles. The van der Waals surface area contributed by atoms with Gasteiger partial charge in [0.2, 0.25) is 0 Å². The Morgan fingerprint density at radius 1 is 0.593 bits per heavy atom. The second kappa shape index (κ2) is 7.84. The van der Waals surface area contributed by atoms with Crippen LogP contribution in [0, 0.1) is 5.92 Å². The van der Waals surface area contributed by atoms with Crippen LogP contribution in [0.15, 0.2) is 0 Å². The largest absolute Gasteiger partial charge is 0.460 e. The number of alkyl halides is 13. The molecule has 0 fully saturated rings. The van der Waals surface area contributed by atoms with Crippen molar-refractivity contribution in [3.05, 3.63) is 0 Å². The minimum atomic E-state index is -7.82. The van der Waals surface area contributed by atoms with Gasteiger partial charge in [-0.05, 0) is 12.3 Å². The quantitative estimate of drug-likeness (QED) is 0.317. The van der Waals surface area contributed by atoms with E-state index in [1.165, 1.54) is 6.92 Å². The van der Waals surface area contributed by atoms with Gasteiger partial charge >= 0.3 is 35.8 Å². The molecule has 0 bridgehead atoms. The van der Waals surface area contributed by atoms with E-state index in [0.717, 1.165) is 0 Å². The molecule has 0 saturated carbocycles. The van der Waals surface area contributed by atoms with Crippen LogP contribution in [0.25, 0.3) is 0 Å². The van der Waals surface area contributed by atoms with Crippen molar-refractivity contribution in [3.8, 4) is 0 Å². The average Bonchev–Trinajstić information content (AvgIpc) is 2.45. The molecule has 0 aromatic carbocycles. The van der Waals surface area contributed by atoms with Gasteiger partial charge in [0, 0.05) is 6.42 Å². The SMILES string of the molecule is CCCC(C)CCCC(F)(F)C(F)(F)C(F)(F)C(F)(F)C(F)(F)C(F)(F)F. The second-order valence-electron chi connectivity index (χ2n) is 6.29. The molecule has 0 heterocycles. The summed E-state index contributed by atoms with van der Waals surface area (Å²) in [6.07, 6.45) is -9.50. The number of hydrogen-bond donors (Lipinski definition) is 0. The van der Waals surface area contributed by atoms with Crippen molar-refractivity contribution in [2.45, 2.75) is 81.7 Å². The van der Waals surface area contributed by atoms with Crippen molar-refractivity contribution in [1.82, 2.24) is 0 Å². The van der Waals surface area contributed by atoms with E-state index in [9.17, 15) is 57.1 Å². The first kappa shape index (κ1) is 26.1. The molecule has 13 heteroatoms. The van der Waals surface area contributed by atoms with Crippen molar-refractivity contribution in [1.29, 1.82) is 0 Å². The van der Waals surface area contributed by atoms with E-state index >= 15 is 0 Å². The summed E-state index contributed by atoms with van der Waals surface area (Å²) in [5.74, 6) is -36.6. The van der Waals surface area contributed by atoms with Gasteiger partial charge in [-0.1, -0.05) is 33.1 Å². The van der Waals surface area contributed by atoms with Gasteiger partial charge in [-0.25, -0.2) is 0 Å². The van der Waals surface area contributed by atoms with E-state index in [1.807, 2.05) is 0 Å². The Balaban J connectivity index is 5.68. The van der Waals surface area contributed by atoms with Crippen molar-refractivity contribution in [3.63, 3.8) is 0 Å². The van der Waals surface area contributed by atoms with E-state index in [-0.39, 0.29) is 12.3 Å². The van der Waals surface area contributed by atoms with E-state index in [2.05, 4.69) is 0 Å². The lowest BCUT2D eigenvalue weighted by molar-refractivity contribution is -0.440. The Hall–Kier alpha value is -0.910. The third kappa shape index (κ3) is 4.57. The van der Waals surface area contributed by atoms with Gasteiger partial charge in [-0.15, -0.1) is 0 Å². The Labute approximate surface area is 146 Å². The molecule has 164 valence electrons. The maximum atomic E-state index is 13.5. The zero-order chi connectivity index (χ0) is 22.1. The molecule has 27 heavy (non-hydrogen) atoms. The van der Waals surface area contributed by atoms with Crippen LogP contribution in [-0.2, 0) is 0 Å². The third-order valence-corrected chi connectivity index (χ3v) is 3.97. The van der Waals surface area contributed by atoms with Gasteiger partial charge in [0.1, 0.15) is 0 Å². The van der Waals surface area contributed by atoms with Crippen LogP contribution in [0.4, 0.5) is 57.1 Å². The highest BCUT2D eigenvalue weighted by Crippen LogP contribution is 2.60. The van der Waals surface area contributed by atoms with Crippen LogP contribution >= 0.6 is 0 Å². The van der Waals surface area contributed by atoms with E-state index in [0.29, 0.717) is 12.8 Å². The maximum absolute atomic E-state index is 13.5. The summed E-state index contributed by atoms with van der Waals surface area (Å²) < 4.78 is 167. The smallest absolute Gasteiger partial charge is 0.200 e. The molecule has 0 aliphatic rings. The molecule has 0 rings (SSSR count). The van der Waals surface area contributed by atoms with Gasteiger partial charge in [0.25, 0.3) is 0 Å². The van der Waals surface area contributed by atoms with Crippen LogP contribution in [0.3, 0.4) is 0 Å². The number of halogens is 13. The molecule has 0 radical (unpaired) electrons. The minimum Gasteiger partial charge on any atom is -0.200 e. The first-order valence-electron chi connectivity index (χ1n) is 7.66. The van der Waals surface area contributed by atoms with Gasteiger partial charge in [-0.2, -0.15) is 57.1 Å². The highest BCUT2D eigenvalue weighted by atomic mass is 19.4. The van der Waals surface area contributed by atoms with Crippen molar-refractivity contribution in [2.24, 2.45) is 5.92 Å². The average molecular weight is 432 g/mol. The topological polar surface area (TPSA) is 0 Å².